The lowest BCUT2D eigenvalue weighted by molar-refractivity contribution is 0.0858. The van der Waals surface area contributed by atoms with Crippen LogP contribution in [0.15, 0.2) is 85.2 Å². The molecule has 2 heterocycles. The molecule has 2 atom stereocenters. The van der Waals surface area contributed by atoms with E-state index in [0.29, 0.717) is 23.5 Å². The summed E-state index contributed by atoms with van der Waals surface area (Å²) in [6, 6.07) is 20.4. The van der Waals surface area contributed by atoms with Crippen LogP contribution in [-0.4, -0.2) is 37.9 Å². The number of carbonyl (C=O) groups excluding carboxylic acids is 1. The fourth-order valence-corrected chi connectivity index (χ4v) is 3.43. The number of nitrogens with zero attached hydrogens (tertiary/aromatic N) is 3. The molecule has 2 N–H and O–H groups in total. The smallest absolute Gasteiger partial charge is 0.255 e. The molecule has 6 nitrogen and oxygen atoms in total. The molecule has 0 bridgehead atoms. The first-order valence-electron chi connectivity index (χ1n) is 10.3. The van der Waals surface area contributed by atoms with Crippen molar-refractivity contribution < 1.29 is 14.3 Å². The minimum absolute atomic E-state index is 0.319. The first-order valence-corrected chi connectivity index (χ1v) is 10.3. The fourth-order valence-electron chi connectivity index (χ4n) is 3.43. The van der Waals surface area contributed by atoms with E-state index in [2.05, 4.69) is 15.4 Å². The third-order valence-electron chi connectivity index (χ3n) is 5.17. The molecule has 2 aromatic heterocycles. The Bertz CT molecular complexity index is 1190. The average molecular weight is 430 g/mol. The predicted molar refractivity (Wildman–Crippen MR) is 120 cm³/mol. The molecule has 0 aliphatic carbocycles. The maximum atomic E-state index is 13.2. The maximum absolute atomic E-state index is 13.2. The van der Waals surface area contributed by atoms with E-state index in [1.165, 1.54) is 16.8 Å². The van der Waals surface area contributed by atoms with Gasteiger partial charge >= 0.3 is 0 Å². The molecule has 32 heavy (non-hydrogen) atoms. The molecule has 162 valence electrons. The Hall–Kier alpha value is -3.84. The van der Waals surface area contributed by atoms with Crippen LogP contribution in [0.4, 0.5) is 4.39 Å². The number of hydrogen-bond acceptors (Lipinski definition) is 4. The number of aliphatic hydroxyl groups is 1. The summed E-state index contributed by atoms with van der Waals surface area (Å²) < 4.78 is 14.7. The number of pyridine rings is 1. The van der Waals surface area contributed by atoms with Gasteiger partial charge in [0.15, 0.2) is 5.82 Å². The van der Waals surface area contributed by atoms with E-state index >= 15 is 0 Å². The van der Waals surface area contributed by atoms with Crippen LogP contribution < -0.4 is 5.32 Å². The van der Waals surface area contributed by atoms with Crippen molar-refractivity contribution in [3.05, 3.63) is 102 Å². The second-order valence-corrected chi connectivity index (χ2v) is 7.54. The monoisotopic (exact) mass is 430 g/mol. The average Bonchev–Trinajstić information content (AvgIpc) is 3.30. The summed E-state index contributed by atoms with van der Waals surface area (Å²) in [5, 5.41) is 17.7. The van der Waals surface area contributed by atoms with Gasteiger partial charge in [0.2, 0.25) is 0 Å². The summed E-state index contributed by atoms with van der Waals surface area (Å²) in [5.41, 5.74) is 2.73. The molecule has 0 aliphatic rings. The van der Waals surface area contributed by atoms with Crippen LogP contribution in [0.1, 0.15) is 22.8 Å². The largest absolute Gasteiger partial charge is 0.391 e. The first kappa shape index (κ1) is 21.4. The van der Waals surface area contributed by atoms with Crippen molar-refractivity contribution in [2.24, 2.45) is 0 Å². The van der Waals surface area contributed by atoms with E-state index in [0.717, 1.165) is 11.1 Å². The third kappa shape index (κ3) is 4.90. The summed E-state index contributed by atoms with van der Waals surface area (Å²) >= 11 is 0. The number of benzene rings is 2. The molecule has 0 saturated carbocycles. The summed E-state index contributed by atoms with van der Waals surface area (Å²) in [6.07, 6.45) is 3.04. The van der Waals surface area contributed by atoms with Crippen molar-refractivity contribution in [2.75, 3.05) is 0 Å². The van der Waals surface area contributed by atoms with Crippen molar-refractivity contribution in [3.8, 4) is 17.1 Å². The lowest BCUT2D eigenvalue weighted by atomic mass is 10.0. The second-order valence-electron chi connectivity index (χ2n) is 7.54. The van der Waals surface area contributed by atoms with Gasteiger partial charge in [0.25, 0.3) is 5.91 Å². The molecule has 4 aromatic rings. The SMILES string of the molecule is CC(O)C(Cc1ccccc1)NC(=O)c1cccnc1-n1ccc(-c2ccc(F)cc2)n1. The molecule has 0 spiro atoms. The van der Waals surface area contributed by atoms with Crippen LogP contribution in [0.2, 0.25) is 0 Å². The number of aromatic nitrogens is 3. The number of halogens is 1. The Kier molecular flexibility index (Phi) is 6.37. The van der Waals surface area contributed by atoms with E-state index in [1.54, 1.807) is 49.6 Å². The van der Waals surface area contributed by atoms with Crippen LogP contribution >= 0.6 is 0 Å². The Labute approximate surface area is 185 Å². The normalized spacial score (nSPS) is 12.8. The van der Waals surface area contributed by atoms with Gasteiger partial charge in [-0.1, -0.05) is 30.3 Å². The number of aliphatic hydroxyl groups excluding tert-OH is 1. The first-order chi connectivity index (χ1) is 15.5. The summed E-state index contributed by atoms with van der Waals surface area (Å²) in [6.45, 7) is 1.65. The molecule has 0 aliphatic heterocycles. The van der Waals surface area contributed by atoms with E-state index in [-0.39, 0.29) is 11.7 Å². The molecule has 1 amide bonds. The Morgan fingerprint density at radius 2 is 1.81 bits per heavy atom. The highest BCUT2D eigenvalue weighted by molar-refractivity contribution is 5.97. The van der Waals surface area contributed by atoms with Crippen LogP contribution in [0, 0.1) is 5.82 Å². The van der Waals surface area contributed by atoms with Gasteiger partial charge in [-0.15, -0.1) is 0 Å². The van der Waals surface area contributed by atoms with Gasteiger partial charge in [-0.2, -0.15) is 5.10 Å². The molecule has 0 saturated heterocycles. The number of hydrogen-bond donors (Lipinski definition) is 2. The summed E-state index contributed by atoms with van der Waals surface area (Å²) in [5.74, 6) is -0.309. The number of rotatable bonds is 7. The molecule has 2 aromatic carbocycles. The molecule has 4 rings (SSSR count). The van der Waals surface area contributed by atoms with E-state index < -0.39 is 12.1 Å². The molecular weight excluding hydrogens is 407 g/mol. The lowest BCUT2D eigenvalue weighted by Gasteiger charge is -2.22. The zero-order valence-electron chi connectivity index (χ0n) is 17.5. The number of nitrogens with one attached hydrogen (secondary N) is 1. The van der Waals surface area contributed by atoms with Crippen molar-refractivity contribution in [1.82, 2.24) is 20.1 Å². The van der Waals surface area contributed by atoms with E-state index in [1.807, 2.05) is 30.3 Å². The van der Waals surface area contributed by atoms with Gasteiger partial charge in [0, 0.05) is 18.0 Å². The summed E-state index contributed by atoms with van der Waals surface area (Å²) in [7, 11) is 0. The number of carbonyl (C=O) groups is 1. The standard InChI is InChI=1S/C25H23FN4O2/c1-17(31)23(16-18-6-3-2-4-7-18)28-25(32)21-8-5-14-27-24(21)30-15-13-22(29-30)19-9-11-20(26)12-10-19/h2-15,17,23,31H,16H2,1H3,(H,28,32). The van der Waals surface area contributed by atoms with Crippen molar-refractivity contribution in [3.63, 3.8) is 0 Å². The van der Waals surface area contributed by atoms with Crippen LogP contribution in [-0.2, 0) is 6.42 Å². The minimum Gasteiger partial charge on any atom is -0.391 e. The highest BCUT2D eigenvalue weighted by Gasteiger charge is 2.22. The Morgan fingerprint density at radius 1 is 1.06 bits per heavy atom. The molecule has 7 heteroatoms. The van der Waals surface area contributed by atoms with Crippen molar-refractivity contribution in [2.45, 2.75) is 25.5 Å². The minimum atomic E-state index is -0.742. The topological polar surface area (TPSA) is 80.0 Å². The zero-order chi connectivity index (χ0) is 22.5. The van der Waals surface area contributed by atoms with Crippen LogP contribution in [0.25, 0.3) is 17.1 Å². The van der Waals surface area contributed by atoms with Gasteiger partial charge in [0.1, 0.15) is 5.82 Å². The van der Waals surface area contributed by atoms with Gasteiger partial charge in [-0.25, -0.2) is 14.1 Å². The second kappa shape index (κ2) is 9.53. The lowest BCUT2D eigenvalue weighted by Crippen LogP contribution is -2.44. The molecule has 0 radical (unpaired) electrons. The Morgan fingerprint density at radius 3 is 2.53 bits per heavy atom. The maximum Gasteiger partial charge on any atom is 0.255 e. The third-order valence-corrected chi connectivity index (χ3v) is 5.17. The highest BCUT2D eigenvalue weighted by atomic mass is 19.1. The zero-order valence-corrected chi connectivity index (χ0v) is 17.5. The number of amides is 1. The molecule has 0 fully saturated rings. The van der Waals surface area contributed by atoms with Crippen molar-refractivity contribution >= 4 is 5.91 Å². The Balaban J connectivity index is 1.57. The van der Waals surface area contributed by atoms with Gasteiger partial charge in [0.05, 0.1) is 23.4 Å². The fraction of sp³-hybridized carbons (Fsp3) is 0.160. The van der Waals surface area contributed by atoms with Crippen LogP contribution in [0.5, 0.6) is 0 Å². The van der Waals surface area contributed by atoms with Gasteiger partial charge < -0.3 is 10.4 Å². The quantitative estimate of drug-likeness (QED) is 0.468. The van der Waals surface area contributed by atoms with E-state index in [9.17, 15) is 14.3 Å². The highest BCUT2D eigenvalue weighted by Crippen LogP contribution is 2.20. The molecular formula is C25H23FN4O2. The predicted octanol–water partition coefficient (Wildman–Crippen LogP) is 3.80. The van der Waals surface area contributed by atoms with Gasteiger partial charge in [-0.3, -0.25) is 4.79 Å². The molecule has 2 unspecified atom stereocenters. The van der Waals surface area contributed by atoms with Crippen LogP contribution in [0.3, 0.4) is 0 Å². The van der Waals surface area contributed by atoms with Gasteiger partial charge in [-0.05, 0) is 61.4 Å². The summed E-state index contributed by atoms with van der Waals surface area (Å²) in [4.78, 5) is 17.5. The van der Waals surface area contributed by atoms with Crippen molar-refractivity contribution in [1.29, 1.82) is 0 Å². The van der Waals surface area contributed by atoms with E-state index in [4.69, 9.17) is 0 Å².